The molecular weight excluding hydrogens is 334 g/mol. The van der Waals surface area contributed by atoms with Crippen molar-refractivity contribution in [3.63, 3.8) is 0 Å². The number of aromatic nitrogens is 2. The lowest BCUT2D eigenvalue weighted by Crippen LogP contribution is -2.13. The van der Waals surface area contributed by atoms with E-state index in [0.29, 0.717) is 22.2 Å². The van der Waals surface area contributed by atoms with Crippen LogP contribution in [0.1, 0.15) is 10.4 Å². The normalized spacial score (nSPS) is 10.9. The van der Waals surface area contributed by atoms with Crippen LogP contribution in [-0.4, -0.2) is 15.9 Å². The number of anilines is 1. The van der Waals surface area contributed by atoms with Gasteiger partial charge in [0.25, 0.3) is 11.5 Å². The van der Waals surface area contributed by atoms with E-state index in [4.69, 9.17) is 12.2 Å². The Hall–Kier alpha value is -3.25. The van der Waals surface area contributed by atoms with Crippen molar-refractivity contribution in [1.29, 1.82) is 0 Å². The molecule has 3 N–H and O–H groups in total. The minimum absolute atomic E-state index is 0.226. The first-order chi connectivity index (χ1) is 12.1. The number of carbonyl (C=O) groups is 1. The van der Waals surface area contributed by atoms with Crippen LogP contribution in [0.4, 0.5) is 5.69 Å². The van der Waals surface area contributed by atoms with E-state index in [1.165, 1.54) is 0 Å². The van der Waals surface area contributed by atoms with Gasteiger partial charge >= 0.3 is 0 Å². The van der Waals surface area contributed by atoms with E-state index in [0.717, 1.165) is 10.8 Å². The molecular formula is C19H13N3O2S. The molecule has 0 saturated heterocycles. The highest BCUT2D eigenvalue weighted by atomic mass is 32.1. The van der Waals surface area contributed by atoms with Crippen LogP contribution in [0, 0.1) is 4.77 Å². The zero-order chi connectivity index (χ0) is 17.4. The molecule has 4 rings (SSSR count). The van der Waals surface area contributed by atoms with Crippen molar-refractivity contribution in [2.45, 2.75) is 0 Å². The lowest BCUT2D eigenvalue weighted by Gasteiger charge is -2.07. The Morgan fingerprint density at radius 1 is 0.920 bits per heavy atom. The predicted molar refractivity (Wildman–Crippen MR) is 102 cm³/mol. The summed E-state index contributed by atoms with van der Waals surface area (Å²) in [5, 5.41) is 5.49. The molecule has 0 fully saturated rings. The van der Waals surface area contributed by atoms with Gasteiger partial charge in [0.2, 0.25) is 0 Å². The van der Waals surface area contributed by atoms with Crippen LogP contribution in [-0.2, 0) is 0 Å². The molecule has 0 aliphatic carbocycles. The molecule has 0 saturated carbocycles. The van der Waals surface area contributed by atoms with Gasteiger partial charge in [-0.15, -0.1) is 0 Å². The second-order valence-electron chi connectivity index (χ2n) is 5.68. The van der Waals surface area contributed by atoms with Crippen LogP contribution in [0.3, 0.4) is 0 Å². The summed E-state index contributed by atoms with van der Waals surface area (Å²) < 4.78 is 0.226. The standard InChI is InChI=1S/C19H13N3O2S/c23-17(20-14-7-5-11-3-1-2-4-12(11)9-14)13-6-8-15-16(10-13)21-19(25)22-18(15)24/h1-10H,(H,20,23)(H2,21,22,24,25). The second-order valence-corrected chi connectivity index (χ2v) is 6.09. The molecule has 0 aliphatic rings. The first kappa shape index (κ1) is 15.3. The van der Waals surface area contributed by atoms with Crippen LogP contribution in [0.2, 0.25) is 0 Å². The molecule has 0 unspecified atom stereocenters. The number of hydrogen-bond donors (Lipinski definition) is 3. The number of nitrogens with one attached hydrogen (secondary N) is 3. The van der Waals surface area contributed by atoms with Gasteiger partial charge in [0, 0.05) is 11.3 Å². The quantitative estimate of drug-likeness (QED) is 0.480. The van der Waals surface area contributed by atoms with E-state index in [-0.39, 0.29) is 16.2 Å². The summed E-state index contributed by atoms with van der Waals surface area (Å²) in [5.41, 5.74) is 1.40. The van der Waals surface area contributed by atoms with Gasteiger partial charge in [-0.05, 0) is 53.3 Å². The predicted octanol–water partition coefficient (Wildman–Crippen LogP) is 3.99. The van der Waals surface area contributed by atoms with Crippen LogP contribution in [0.5, 0.6) is 0 Å². The molecule has 122 valence electrons. The number of carbonyl (C=O) groups excluding carboxylic acids is 1. The van der Waals surface area contributed by atoms with E-state index in [9.17, 15) is 9.59 Å². The van der Waals surface area contributed by atoms with Crippen molar-refractivity contribution >= 4 is 45.5 Å². The molecule has 1 amide bonds. The summed E-state index contributed by atoms with van der Waals surface area (Å²) in [6, 6.07) is 18.5. The largest absolute Gasteiger partial charge is 0.332 e. The SMILES string of the molecule is O=C(Nc1ccc2ccccc2c1)c1ccc2c(=O)[nH]c(=S)[nH]c2c1. The smallest absolute Gasteiger partial charge is 0.259 e. The highest BCUT2D eigenvalue weighted by molar-refractivity contribution is 7.71. The molecule has 5 nitrogen and oxygen atoms in total. The maximum absolute atomic E-state index is 12.5. The third-order valence-electron chi connectivity index (χ3n) is 4.01. The van der Waals surface area contributed by atoms with Crippen LogP contribution >= 0.6 is 12.2 Å². The zero-order valence-electron chi connectivity index (χ0n) is 13.0. The molecule has 1 heterocycles. The molecule has 4 aromatic rings. The fraction of sp³-hybridized carbons (Fsp3) is 0. The first-order valence-corrected chi connectivity index (χ1v) is 8.07. The summed E-state index contributed by atoms with van der Waals surface area (Å²) in [4.78, 5) is 29.8. The van der Waals surface area contributed by atoms with E-state index in [1.54, 1.807) is 18.2 Å². The maximum Gasteiger partial charge on any atom is 0.259 e. The van der Waals surface area contributed by atoms with Gasteiger partial charge in [0.05, 0.1) is 10.9 Å². The lowest BCUT2D eigenvalue weighted by molar-refractivity contribution is 0.102. The highest BCUT2D eigenvalue weighted by Crippen LogP contribution is 2.20. The van der Waals surface area contributed by atoms with Crippen LogP contribution in [0.25, 0.3) is 21.7 Å². The van der Waals surface area contributed by atoms with Gasteiger partial charge in [0.1, 0.15) is 0 Å². The van der Waals surface area contributed by atoms with Gasteiger partial charge < -0.3 is 10.3 Å². The number of rotatable bonds is 2. The average Bonchev–Trinajstić information content (AvgIpc) is 2.61. The van der Waals surface area contributed by atoms with Crippen molar-refractivity contribution in [3.05, 3.63) is 81.4 Å². The Labute approximate surface area is 147 Å². The van der Waals surface area contributed by atoms with Crippen LogP contribution in [0.15, 0.2) is 65.5 Å². The van der Waals surface area contributed by atoms with Crippen molar-refractivity contribution in [2.24, 2.45) is 0 Å². The third-order valence-corrected chi connectivity index (χ3v) is 4.21. The monoisotopic (exact) mass is 347 g/mol. The van der Waals surface area contributed by atoms with E-state index >= 15 is 0 Å². The summed E-state index contributed by atoms with van der Waals surface area (Å²) >= 11 is 4.97. The van der Waals surface area contributed by atoms with E-state index in [1.807, 2.05) is 42.5 Å². The number of fused-ring (bicyclic) bond motifs is 2. The summed E-state index contributed by atoms with van der Waals surface area (Å²) in [5.74, 6) is -0.253. The number of benzene rings is 3. The fourth-order valence-corrected chi connectivity index (χ4v) is 2.98. The molecule has 0 spiro atoms. The van der Waals surface area contributed by atoms with Crippen LogP contribution < -0.4 is 10.9 Å². The van der Waals surface area contributed by atoms with Gasteiger partial charge in [-0.25, -0.2) is 0 Å². The lowest BCUT2D eigenvalue weighted by atomic mass is 10.1. The number of H-pyrrole nitrogens is 2. The molecule has 0 aliphatic heterocycles. The Morgan fingerprint density at radius 3 is 2.56 bits per heavy atom. The van der Waals surface area contributed by atoms with Gasteiger partial charge in [-0.2, -0.15) is 0 Å². The number of hydrogen-bond acceptors (Lipinski definition) is 3. The fourth-order valence-electron chi connectivity index (χ4n) is 2.78. The Bertz CT molecular complexity index is 1240. The van der Waals surface area contributed by atoms with E-state index in [2.05, 4.69) is 15.3 Å². The minimum atomic E-state index is -0.278. The van der Waals surface area contributed by atoms with Crippen molar-refractivity contribution in [1.82, 2.24) is 9.97 Å². The van der Waals surface area contributed by atoms with Crippen molar-refractivity contribution in [3.8, 4) is 0 Å². The van der Waals surface area contributed by atoms with E-state index < -0.39 is 0 Å². The molecule has 1 aromatic heterocycles. The van der Waals surface area contributed by atoms with Crippen molar-refractivity contribution < 1.29 is 4.79 Å². The Morgan fingerprint density at radius 2 is 1.72 bits per heavy atom. The van der Waals surface area contributed by atoms with Gasteiger partial charge in [0.15, 0.2) is 4.77 Å². The molecule has 25 heavy (non-hydrogen) atoms. The maximum atomic E-state index is 12.5. The van der Waals surface area contributed by atoms with Gasteiger partial charge in [-0.1, -0.05) is 30.3 Å². The van der Waals surface area contributed by atoms with Crippen molar-refractivity contribution in [2.75, 3.05) is 5.32 Å². The summed E-state index contributed by atoms with van der Waals surface area (Å²) in [7, 11) is 0. The molecule has 0 atom stereocenters. The average molecular weight is 347 g/mol. The minimum Gasteiger partial charge on any atom is -0.332 e. The van der Waals surface area contributed by atoms with Gasteiger partial charge in [-0.3, -0.25) is 14.6 Å². The Balaban J connectivity index is 1.69. The topological polar surface area (TPSA) is 77.8 Å². The molecule has 0 radical (unpaired) electrons. The zero-order valence-corrected chi connectivity index (χ0v) is 13.8. The second kappa shape index (κ2) is 5.99. The molecule has 3 aromatic carbocycles. The molecule has 6 heteroatoms. The summed E-state index contributed by atoms with van der Waals surface area (Å²) in [6.07, 6.45) is 0. The summed E-state index contributed by atoms with van der Waals surface area (Å²) in [6.45, 7) is 0. The number of amides is 1. The third kappa shape index (κ3) is 2.95. The Kier molecular flexibility index (Phi) is 3.66. The molecule has 0 bridgehead atoms. The highest BCUT2D eigenvalue weighted by Gasteiger charge is 2.09. The first-order valence-electron chi connectivity index (χ1n) is 7.67. The number of aromatic amines is 2.